The summed E-state index contributed by atoms with van der Waals surface area (Å²) < 4.78 is 10.9. The molecular weight excluding hydrogens is 364 g/mol. The van der Waals surface area contributed by atoms with E-state index in [0.717, 1.165) is 56.5 Å². The Morgan fingerprint density at radius 3 is 2.28 bits per heavy atom. The third-order valence-electron chi connectivity index (χ3n) is 5.88. The van der Waals surface area contributed by atoms with Crippen LogP contribution < -0.4 is 14.4 Å². The molecule has 0 atom stereocenters. The van der Waals surface area contributed by atoms with E-state index in [0.29, 0.717) is 5.92 Å². The number of aromatic nitrogens is 2. The van der Waals surface area contributed by atoms with Crippen LogP contribution in [0.15, 0.2) is 18.2 Å². The second kappa shape index (κ2) is 8.57. The lowest BCUT2D eigenvalue weighted by Gasteiger charge is -2.31. The molecule has 0 N–H and O–H groups in total. The third-order valence-corrected chi connectivity index (χ3v) is 5.88. The summed E-state index contributed by atoms with van der Waals surface area (Å²) in [6.45, 7) is 9.32. The molecule has 0 saturated carbocycles. The number of benzene rings is 1. The maximum absolute atomic E-state index is 5.43. The van der Waals surface area contributed by atoms with Crippen LogP contribution in [0.3, 0.4) is 0 Å². The van der Waals surface area contributed by atoms with Gasteiger partial charge < -0.3 is 14.4 Å². The minimum Gasteiger partial charge on any atom is -0.497 e. The Morgan fingerprint density at radius 2 is 1.66 bits per heavy atom. The van der Waals surface area contributed by atoms with Crippen molar-refractivity contribution in [1.82, 2.24) is 14.9 Å². The van der Waals surface area contributed by atoms with Gasteiger partial charge in [0.05, 0.1) is 19.9 Å². The Morgan fingerprint density at radius 1 is 0.966 bits per heavy atom. The highest BCUT2D eigenvalue weighted by atomic mass is 16.5. The Labute approximate surface area is 173 Å². The zero-order valence-corrected chi connectivity index (χ0v) is 18.1. The molecule has 2 aliphatic heterocycles. The van der Waals surface area contributed by atoms with Crippen LogP contribution in [0.25, 0.3) is 0 Å². The highest BCUT2D eigenvalue weighted by molar-refractivity contribution is 5.51. The summed E-state index contributed by atoms with van der Waals surface area (Å²) in [6, 6.07) is 6.10. The normalized spacial score (nSPS) is 16.9. The zero-order chi connectivity index (χ0) is 20.4. The first-order valence-electron chi connectivity index (χ1n) is 10.7. The van der Waals surface area contributed by atoms with E-state index in [1.54, 1.807) is 14.2 Å². The van der Waals surface area contributed by atoms with Crippen molar-refractivity contribution in [3.63, 3.8) is 0 Å². The van der Waals surface area contributed by atoms with Gasteiger partial charge in [0.25, 0.3) is 0 Å². The van der Waals surface area contributed by atoms with Crippen molar-refractivity contribution in [3.8, 4) is 11.5 Å². The largest absolute Gasteiger partial charge is 0.497 e. The van der Waals surface area contributed by atoms with Gasteiger partial charge in [-0.1, -0.05) is 13.8 Å². The molecule has 0 spiro atoms. The zero-order valence-electron chi connectivity index (χ0n) is 18.1. The van der Waals surface area contributed by atoms with E-state index in [-0.39, 0.29) is 0 Å². The topological polar surface area (TPSA) is 50.7 Å². The van der Waals surface area contributed by atoms with Crippen molar-refractivity contribution < 1.29 is 9.47 Å². The van der Waals surface area contributed by atoms with Gasteiger partial charge in [0.2, 0.25) is 0 Å². The number of rotatable bonds is 6. The minimum absolute atomic E-state index is 0.333. The van der Waals surface area contributed by atoms with E-state index in [2.05, 4.69) is 35.8 Å². The van der Waals surface area contributed by atoms with Crippen LogP contribution in [0.5, 0.6) is 11.5 Å². The van der Waals surface area contributed by atoms with Gasteiger partial charge in [-0.05, 0) is 37.0 Å². The number of hydrogen-bond acceptors (Lipinski definition) is 6. The highest BCUT2D eigenvalue weighted by Gasteiger charge is 2.27. The molecule has 0 amide bonds. The number of fused-ring (bicyclic) bond motifs is 1. The van der Waals surface area contributed by atoms with Crippen LogP contribution in [0.4, 0.5) is 5.82 Å². The lowest BCUT2D eigenvalue weighted by atomic mass is 10.0. The molecule has 156 valence electrons. The Hall–Kier alpha value is -2.34. The van der Waals surface area contributed by atoms with E-state index >= 15 is 0 Å². The van der Waals surface area contributed by atoms with Gasteiger partial charge in [0.1, 0.15) is 23.1 Å². The molecule has 6 nitrogen and oxygen atoms in total. The fourth-order valence-corrected chi connectivity index (χ4v) is 4.28. The van der Waals surface area contributed by atoms with Crippen molar-refractivity contribution in [2.24, 2.45) is 0 Å². The first kappa shape index (κ1) is 20.0. The first-order valence-corrected chi connectivity index (χ1v) is 10.7. The highest BCUT2D eigenvalue weighted by Crippen LogP contribution is 2.31. The summed E-state index contributed by atoms with van der Waals surface area (Å²) >= 11 is 0. The molecule has 1 fully saturated rings. The molecule has 1 aromatic carbocycles. The van der Waals surface area contributed by atoms with E-state index in [1.807, 2.05) is 6.07 Å². The van der Waals surface area contributed by atoms with Crippen molar-refractivity contribution in [1.29, 1.82) is 0 Å². The molecule has 6 heteroatoms. The summed E-state index contributed by atoms with van der Waals surface area (Å²) in [5.41, 5.74) is 3.75. The summed E-state index contributed by atoms with van der Waals surface area (Å²) in [7, 11) is 3.39. The molecule has 0 unspecified atom stereocenters. The van der Waals surface area contributed by atoms with E-state index in [4.69, 9.17) is 19.4 Å². The van der Waals surface area contributed by atoms with Gasteiger partial charge in [-0.3, -0.25) is 4.90 Å². The molecule has 0 radical (unpaired) electrons. The van der Waals surface area contributed by atoms with E-state index in [1.165, 1.54) is 35.5 Å². The molecule has 2 aliphatic rings. The molecule has 4 rings (SSSR count). The van der Waals surface area contributed by atoms with Gasteiger partial charge in [-0.25, -0.2) is 9.97 Å². The van der Waals surface area contributed by atoms with Crippen molar-refractivity contribution in [2.75, 3.05) is 38.8 Å². The molecule has 2 aromatic rings. The predicted octanol–water partition coefficient (Wildman–Crippen LogP) is 3.78. The van der Waals surface area contributed by atoms with Gasteiger partial charge >= 0.3 is 0 Å². The number of nitrogens with zero attached hydrogens (tertiary/aromatic N) is 4. The average molecular weight is 397 g/mol. The first-order chi connectivity index (χ1) is 14.1. The van der Waals surface area contributed by atoms with E-state index < -0.39 is 0 Å². The van der Waals surface area contributed by atoms with Crippen LogP contribution in [0, 0.1) is 0 Å². The smallest absolute Gasteiger partial charge is 0.135 e. The average Bonchev–Trinajstić information content (AvgIpc) is 3.27. The fraction of sp³-hybridized carbons (Fsp3) is 0.565. The van der Waals surface area contributed by atoms with Crippen LogP contribution in [0.1, 0.15) is 55.3 Å². The maximum Gasteiger partial charge on any atom is 0.135 e. The maximum atomic E-state index is 5.43. The van der Waals surface area contributed by atoms with Crippen LogP contribution in [-0.4, -0.2) is 48.7 Å². The minimum atomic E-state index is 0.333. The van der Waals surface area contributed by atoms with Crippen molar-refractivity contribution in [3.05, 3.63) is 40.8 Å². The molecule has 0 aliphatic carbocycles. The van der Waals surface area contributed by atoms with Gasteiger partial charge in [-0.2, -0.15) is 0 Å². The SMILES string of the molecule is COc1cc(CN2CCc3c(nc(C(C)C)nc3N3CCCC3)C2)cc(OC)c1. The summed E-state index contributed by atoms with van der Waals surface area (Å²) in [6.07, 6.45) is 3.53. The Balaban J connectivity index is 1.59. The van der Waals surface area contributed by atoms with Gasteiger partial charge in [0, 0.05) is 50.3 Å². The summed E-state index contributed by atoms with van der Waals surface area (Å²) in [5.74, 6) is 4.16. The quantitative estimate of drug-likeness (QED) is 0.741. The standard InChI is InChI=1S/C23H32N4O2/c1-16(2)22-24-21-15-26(14-17-11-18(28-3)13-19(12-17)29-4)10-7-20(21)23(25-22)27-8-5-6-9-27/h11-13,16H,5-10,14-15H2,1-4H3. The fourth-order valence-electron chi connectivity index (χ4n) is 4.28. The monoisotopic (exact) mass is 396 g/mol. The number of methoxy groups -OCH3 is 2. The number of anilines is 1. The summed E-state index contributed by atoms with van der Waals surface area (Å²) in [4.78, 5) is 14.9. The third kappa shape index (κ3) is 4.32. The van der Waals surface area contributed by atoms with Gasteiger partial charge in [-0.15, -0.1) is 0 Å². The Kier molecular flexibility index (Phi) is 5.90. The molecule has 1 saturated heterocycles. The van der Waals surface area contributed by atoms with Gasteiger partial charge in [0.15, 0.2) is 0 Å². The molecular formula is C23H32N4O2. The predicted molar refractivity (Wildman–Crippen MR) is 115 cm³/mol. The lowest BCUT2D eigenvalue weighted by Crippen LogP contribution is -2.33. The second-order valence-corrected chi connectivity index (χ2v) is 8.36. The van der Waals surface area contributed by atoms with Crippen molar-refractivity contribution >= 4 is 5.82 Å². The lowest BCUT2D eigenvalue weighted by molar-refractivity contribution is 0.240. The van der Waals surface area contributed by atoms with Crippen molar-refractivity contribution in [2.45, 2.75) is 52.1 Å². The Bertz CT molecular complexity index is 840. The van der Waals surface area contributed by atoms with Crippen LogP contribution in [0.2, 0.25) is 0 Å². The molecule has 3 heterocycles. The van der Waals surface area contributed by atoms with E-state index in [9.17, 15) is 0 Å². The second-order valence-electron chi connectivity index (χ2n) is 8.36. The number of hydrogen-bond donors (Lipinski definition) is 0. The molecule has 1 aromatic heterocycles. The van der Waals surface area contributed by atoms with Crippen LogP contribution in [-0.2, 0) is 19.5 Å². The number of ether oxygens (including phenoxy) is 2. The molecule has 29 heavy (non-hydrogen) atoms. The molecule has 0 bridgehead atoms. The van der Waals surface area contributed by atoms with Crippen LogP contribution >= 0.6 is 0 Å². The summed E-state index contributed by atoms with van der Waals surface area (Å²) in [5, 5.41) is 0.